The molecule has 0 saturated carbocycles. The van der Waals surface area contributed by atoms with E-state index in [-0.39, 0.29) is 5.70 Å². The van der Waals surface area contributed by atoms with Crippen LogP contribution in [0.4, 0.5) is 0 Å². The van der Waals surface area contributed by atoms with Gasteiger partial charge in [0.25, 0.3) is 0 Å². The number of aliphatic carboxylic acids is 1. The van der Waals surface area contributed by atoms with Crippen LogP contribution in [0.5, 0.6) is 0 Å². The van der Waals surface area contributed by atoms with E-state index in [9.17, 15) is 4.79 Å². The van der Waals surface area contributed by atoms with E-state index in [1.165, 1.54) is 12.3 Å². The molecule has 6 heteroatoms. The molecule has 0 bridgehead atoms. The topological polar surface area (TPSA) is 58.6 Å². The Balaban J connectivity index is 1.96. The van der Waals surface area contributed by atoms with Crippen molar-refractivity contribution in [1.82, 2.24) is 5.32 Å². The fourth-order valence-corrected chi connectivity index (χ4v) is 2.02. The van der Waals surface area contributed by atoms with Gasteiger partial charge in [0.2, 0.25) is 0 Å². The Bertz CT molecular complexity index is 555. The Labute approximate surface area is 120 Å². The molecule has 0 radical (unpaired) electrons. The highest BCUT2D eigenvalue weighted by Crippen LogP contribution is 2.20. The number of rotatable bonds is 4. The molecule has 1 heterocycles. The van der Waals surface area contributed by atoms with Crippen LogP contribution in [0.2, 0.25) is 5.02 Å². The van der Waals surface area contributed by atoms with Crippen molar-refractivity contribution in [3.8, 4) is 0 Å². The molecular formula is C13H11Cl2NO3. The second-order valence-electron chi connectivity index (χ2n) is 3.90. The molecule has 1 aliphatic heterocycles. The molecule has 19 heavy (non-hydrogen) atoms. The van der Waals surface area contributed by atoms with Crippen LogP contribution in [-0.4, -0.2) is 16.5 Å². The number of allylic oxidation sites excluding steroid dienone is 1. The number of dihydropyridines is 1. The maximum absolute atomic E-state index is 10.7. The number of halogens is 2. The maximum Gasteiger partial charge on any atom is 0.352 e. The Morgan fingerprint density at radius 2 is 2.26 bits per heavy atom. The van der Waals surface area contributed by atoms with Gasteiger partial charge in [-0.3, -0.25) is 0 Å². The van der Waals surface area contributed by atoms with Gasteiger partial charge in [0.05, 0.1) is 0 Å². The van der Waals surface area contributed by atoms with E-state index in [0.29, 0.717) is 17.4 Å². The highest BCUT2D eigenvalue weighted by Gasteiger charge is 2.19. The SMILES string of the molecule is O=C(O)C1=CC(Cl)C(OCc2cccc(Cl)c2)=CN1. The Morgan fingerprint density at radius 3 is 2.89 bits per heavy atom. The van der Waals surface area contributed by atoms with E-state index in [1.54, 1.807) is 12.1 Å². The fourth-order valence-electron chi connectivity index (χ4n) is 1.55. The molecule has 2 N–H and O–H groups in total. The van der Waals surface area contributed by atoms with Crippen LogP contribution in [0.3, 0.4) is 0 Å². The Hall–Kier alpha value is -1.65. The van der Waals surface area contributed by atoms with Gasteiger partial charge in [-0.2, -0.15) is 0 Å². The molecular weight excluding hydrogens is 289 g/mol. The fraction of sp³-hybridized carbons (Fsp3) is 0.154. The third kappa shape index (κ3) is 3.66. The molecule has 100 valence electrons. The number of benzene rings is 1. The number of hydrogen-bond acceptors (Lipinski definition) is 3. The summed E-state index contributed by atoms with van der Waals surface area (Å²) in [6, 6.07) is 7.28. The summed E-state index contributed by atoms with van der Waals surface area (Å²) >= 11 is 11.9. The second-order valence-corrected chi connectivity index (χ2v) is 4.80. The highest BCUT2D eigenvalue weighted by atomic mass is 35.5. The van der Waals surface area contributed by atoms with Crippen molar-refractivity contribution in [2.24, 2.45) is 0 Å². The van der Waals surface area contributed by atoms with Gasteiger partial charge in [0.1, 0.15) is 23.4 Å². The molecule has 1 unspecified atom stereocenters. The number of nitrogens with one attached hydrogen (secondary N) is 1. The van der Waals surface area contributed by atoms with E-state index in [1.807, 2.05) is 12.1 Å². The number of alkyl halides is 1. The van der Waals surface area contributed by atoms with E-state index in [0.717, 1.165) is 5.56 Å². The average molecular weight is 300 g/mol. The van der Waals surface area contributed by atoms with Gasteiger partial charge in [-0.25, -0.2) is 4.79 Å². The first-order chi connectivity index (χ1) is 9.06. The summed E-state index contributed by atoms with van der Waals surface area (Å²) in [5, 5.41) is 11.4. The van der Waals surface area contributed by atoms with Gasteiger partial charge < -0.3 is 15.2 Å². The summed E-state index contributed by atoms with van der Waals surface area (Å²) < 4.78 is 5.53. The van der Waals surface area contributed by atoms with Gasteiger partial charge in [0, 0.05) is 11.2 Å². The van der Waals surface area contributed by atoms with E-state index >= 15 is 0 Å². The van der Waals surface area contributed by atoms with Crippen molar-refractivity contribution < 1.29 is 14.6 Å². The zero-order valence-electron chi connectivity index (χ0n) is 9.77. The summed E-state index contributed by atoms with van der Waals surface area (Å²) in [5.41, 5.74) is 0.945. The van der Waals surface area contributed by atoms with Crippen molar-refractivity contribution in [3.63, 3.8) is 0 Å². The van der Waals surface area contributed by atoms with Crippen LogP contribution >= 0.6 is 23.2 Å². The van der Waals surface area contributed by atoms with Crippen molar-refractivity contribution in [2.75, 3.05) is 0 Å². The van der Waals surface area contributed by atoms with Crippen LogP contribution in [0.25, 0.3) is 0 Å². The lowest BCUT2D eigenvalue weighted by Crippen LogP contribution is -2.23. The second kappa shape index (κ2) is 5.99. The molecule has 0 aromatic heterocycles. The molecule has 1 aliphatic rings. The van der Waals surface area contributed by atoms with E-state index in [4.69, 9.17) is 33.0 Å². The first-order valence-corrected chi connectivity index (χ1v) is 6.31. The Kier molecular flexibility index (Phi) is 4.35. The quantitative estimate of drug-likeness (QED) is 0.840. The minimum absolute atomic E-state index is 0.0371. The molecule has 0 spiro atoms. The molecule has 0 saturated heterocycles. The first kappa shape index (κ1) is 13.8. The lowest BCUT2D eigenvalue weighted by atomic mass is 10.2. The average Bonchev–Trinajstić information content (AvgIpc) is 2.37. The predicted molar refractivity (Wildman–Crippen MR) is 72.8 cm³/mol. The highest BCUT2D eigenvalue weighted by molar-refractivity contribution is 6.30. The van der Waals surface area contributed by atoms with Crippen LogP contribution in [0.1, 0.15) is 5.56 Å². The lowest BCUT2D eigenvalue weighted by molar-refractivity contribution is -0.133. The van der Waals surface area contributed by atoms with Crippen LogP contribution < -0.4 is 5.32 Å². The molecule has 0 fully saturated rings. The van der Waals surface area contributed by atoms with Crippen molar-refractivity contribution in [2.45, 2.75) is 12.0 Å². The van der Waals surface area contributed by atoms with E-state index < -0.39 is 11.3 Å². The summed E-state index contributed by atoms with van der Waals surface area (Å²) in [7, 11) is 0. The summed E-state index contributed by atoms with van der Waals surface area (Å²) in [4.78, 5) is 10.7. The molecule has 1 aromatic carbocycles. The lowest BCUT2D eigenvalue weighted by Gasteiger charge is -2.18. The number of carboxylic acid groups (broad SMARTS) is 1. The molecule has 4 nitrogen and oxygen atoms in total. The zero-order chi connectivity index (χ0) is 13.8. The van der Waals surface area contributed by atoms with Crippen LogP contribution in [0.15, 0.2) is 48.0 Å². The van der Waals surface area contributed by atoms with Crippen molar-refractivity contribution in [3.05, 3.63) is 58.6 Å². The summed E-state index contributed by atoms with van der Waals surface area (Å²) in [6.07, 6.45) is 2.84. The van der Waals surface area contributed by atoms with Gasteiger partial charge in [-0.1, -0.05) is 23.7 Å². The monoisotopic (exact) mass is 299 g/mol. The molecule has 1 aromatic rings. The van der Waals surface area contributed by atoms with Gasteiger partial charge in [-0.05, 0) is 23.8 Å². The van der Waals surface area contributed by atoms with Crippen LogP contribution in [-0.2, 0) is 16.1 Å². The minimum atomic E-state index is -1.06. The predicted octanol–water partition coefficient (Wildman–Crippen LogP) is 2.88. The van der Waals surface area contributed by atoms with Crippen molar-refractivity contribution >= 4 is 29.2 Å². The molecule has 1 atom stereocenters. The summed E-state index contributed by atoms with van der Waals surface area (Å²) in [6.45, 7) is 0.313. The molecule has 2 rings (SSSR count). The minimum Gasteiger partial charge on any atom is -0.490 e. The van der Waals surface area contributed by atoms with Crippen molar-refractivity contribution in [1.29, 1.82) is 0 Å². The molecule has 0 amide bonds. The van der Waals surface area contributed by atoms with Crippen LogP contribution in [0, 0.1) is 0 Å². The number of carboxylic acids is 1. The Morgan fingerprint density at radius 1 is 1.47 bits per heavy atom. The number of hydrogen-bond donors (Lipinski definition) is 2. The number of ether oxygens (including phenoxy) is 1. The van der Waals surface area contributed by atoms with Gasteiger partial charge >= 0.3 is 5.97 Å². The maximum atomic E-state index is 10.7. The summed E-state index contributed by atoms with van der Waals surface area (Å²) in [5.74, 6) is -0.595. The standard InChI is InChI=1S/C13H11Cl2NO3/c14-9-3-1-2-8(4-9)7-19-12-6-16-11(13(17)18)5-10(12)15/h1-6,10,16H,7H2,(H,17,18). The van der Waals surface area contributed by atoms with Gasteiger partial charge in [0.15, 0.2) is 0 Å². The molecule has 0 aliphatic carbocycles. The largest absolute Gasteiger partial charge is 0.490 e. The third-order valence-electron chi connectivity index (χ3n) is 2.48. The van der Waals surface area contributed by atoms with E-state index in [2.05, 4.69) is 5.32 Å². The number of carbonyl (C=O) groups is 1. The smallest absolute Gasteiger partial charge is 0.352 e. The third-order valence-corrected chi connectivity index (χ3v) is 3.06. The first-order valence-electron chi connectivity index (χ1n) is 5.49. The van der Waals surface area contributed by atoms with Gasteiger partial charge in [-0.15, -0.1) is 11.6 Å². The normalized spacial score (nSPS) is 18.1. The zero-order valence-corrected chi connectivity index (χ0v) is 11.3.